The fraction of sp³-hybridized carbons (Fsp3) is 0.250. The first-order chi connectivity index (χ1) is 14.6. The molecule has 2 heterocycles. The van der Waals surface area contributed by atoms with Crippen molar-refractivity contribution in [1.29, 1.82) is 0 Å². The Morgan fingerprint density at radius 1 is 1.00 bits per heavy atom. The summed E-state index contributed by atoms with van der Waals surface area (Å²) in [6.07, 6.45) is 0.986. The van der Waals surface area contributed by atoms with Crippen LogP contribution in [0.3, 0.4) is 0 Å². The summed E-state index contributed by atoms with van der Waals surface area (Å²) in [7, 11) is 0. The molecule has 0 aliphatic carbocycles. The van der Waals surface area contributed by atoms with Crippen molar-refractivity contribution in [2.45, 2.75) is 25.9 Å². The van der Waals surface area contributed by atoms with Crippen molar-refractivity contribution in [3.8, 4) is 0 Å². The first-order valence-electron chi connectivity index (χ1n) is 10.1. The predicted molar refractivity (Wildman–Crippen MR) is 120 cm³/mol. The fourth-order valence-corrected chi connectivity index (χ4v) is 4.70. The average molecular weight is 420 g/mol. The predicted octanol–water partition coefficient (Wildman–Crippen LogP) is 3.91. The second kappa shape index (κ2) is 9.24. The number of hydrogen-bond acceptors (Lipinski definition) is 4. The van der Waals surface area contributed by atoms with Crippen molar-refractivity contribution >= 4 is 28.8 Å². The van der Waals surface area contributed by atoms with E-state index in [1.54, 1.807) is 17.4 Å². The Balaban J connectivity index is 1.43. The van der Waals surface area contributed by atoms with Crippen LogP contribution in [0.4, 0.5) is 5.69 Å². The third-order valence-corrected chi connectivity index (χ3v) is 6.50. The molecule has 0 radical (unpaired) electrons. The lowest BCUT2D eigenvalue weighted by Gasteiger charge is -2.35. The molecule has 0 saturated heterocycles. The van der Waals surface area contributed by atoms with Gasteiger partial charge in [0, 0.05) is 30.2 Å². The first-order valence-corrected chi connectivity index (χ1v) is 11.0. The molecule has 5 nitrogen and oxygen atoms in total. The Morgan fingerprint density at radius 2 is 1.77 bits per heavy atom. The normalized spacial score (nSPS) is 14.6. The number of hydrogen-bond donors (Lipinski definition) is 2. The van der Waals surface area contributed by atoms with Crippen LogP contribution >= 0.6 is 11.3 Å². The Morgan fingerprint density at radius 3 is 2.53 bits per heavy atom. The summed E-state index contributed by atoms with van der Waals surface area (Å²) < 4.78 is 0. The van der Waals surface area contributed by atoms with Gasteiger partial charge in [0.25, 0.3) is 0 Å². The van der Waals surface area contributed by atoms with Gasteiger partial charge in [-0.15, -0.1) is 11.3 Å². The van der Waals surface area contributed by atoms with Crippen molar-refractivity contribution in [1.82, 2.24) is 10.2 Å². The SMILES string of the molecule is Cc1ccccc1NC(=O)C(=O)NCC(c1cccs1)N1CCc2ccccc2C1. The van der Waals surface area contributed by atoms with Crippen LogP contribution in [-0.2, 0) is 22.6 Å². The van der Waals surface area contributed by atoms with Crippen LogP contribution in [0.25, 0.3) is 0 Å². The van der Waals surface area contributed by atoms with Crippen LogP contribution in [0.15, 0.2) is 66.0 Å². The molecule has 2 amide bonds. The lowest BCUT2D eigenvalue weighted by atomic mass is 9.98. The Hall–Kier alpha value is -2.96. The number of para-hydroxylation sites is 1. The zero-order valence-corrected chi connectivity index (χ0v) is 17.7. The molecule has 3 aromatic rings. The highest BCUT2D eigenvalue weighted by molar-refractivity contribution is 7.10. The quantitative estimate of drug-likeness (QED) is 0.617. The Labute approximate surface area is 180 Å². The number of benzene rings is 2. The van der Waals surface area contributed by atoms with Crippen molar-refractivity contribution in [3.63, 3.8) is 0 Å². The summed E-state index contributed by atoms with van der Waals surface area (Å²) in [5, 5.41) is 7.59. The molecule has 1 aliphatic heterocycles. The highest BCUT2D eigenvalue weighted by Gasteiger charge is 2.26. The molecule has 30 heavy (non-hydrogen) atoms. The van der Waals surface area contributed by atoms with E-state index in [0.717, 1.165) is 25.1 Å². The third-order valence-electron chi connectivity index (χ3n) is 5.53. The van der Waals surface area contributed by atoms with Gasteiger partial charge in [-0.25, -0.2) is 0 Å². The maximum absolute atomic E-state index is 12.5. The van der Waals surface area contributed by atoms with Crippen molar-refractivity contribution < 1.29 is 9.59 Å². The van der Waals surface area contributed by atoms with Gasteiger partial charge in [0.2, 0.25) is 0 Å². The molecule has 1 aromatic heterocycles. The highest BCUT2D eigenvalue weighted by Crippen LogP contribution is 2.30. The monoisotopic (exact) mass is 419 g/mol. The van der Waals surface area contributed by atoms with Crippen LogP contribution in [0.1, 0.15) is 27.6 Å². The second-order valence-corrected chi connectivity index (χ2v) is 8.48. The third kappa shape index (κ3) is 4.61. The average Bonchev–Trinajstić information content (AvgIpc) is 3.30. The van der Waals surface area contributed by atoms with Gasteiger partial charge in [-0.2, -0.15) is 0 Å². The molecule has 0 bridgehead atoms. The lowest BCUT2D eigenvalue weighted by Crippen LogP contribution is -2.43. The summed E-state index contributed by atoms with van der Waals surface area (Å²) in [4.78, 5) is 28.4. The minimum absolute atomic E-state index is 0.0357. The number of amides is 2. The molecule has 0 spiro atoms. The number of fused-ring (bicyclic) bond motifs is 1. The van der Waals surface area contributed by atoms with E-state index in [4.69, 9.17) is 0 Å². The number of rotatable bonds is 5. The van der Waals surface area contributed by atoms with Gasteiger partial charge in [0.05, 0.1) is 6.04 Å². The molecule has 0 fully saturated rings. The molecule has 1 aliphatic rings. The number of nitrogens with one attached hydrogen (secondary N) is 2. The van der Waals surface area contributed by atoms with E-state index >= 15 is 0 Å². The van der Waals surface area contributed by atoms with Gasteiger partial charge >= 0.3 is 11.8 Å². The van der Waals surface area contributed by atoms with E-state index in [9.17, 15) is 9.59 Å². The van der Waals surface area contributed by atoms with Crippen molar-refractivity contribution in [2.24, 2.45) is 0 Å². The minimum Gasteiger partial charge on any atom is -0.346 e. The molecule has 2 N–H and O–H groups in total. The fourth-order valence-electron chi connectivity index (χ4n) is 3.84. The lowest BCUT2D eigenvalue weighted by molar-refractivity contribution is -0.136. The summed E-state index contributed by atoms with van der Waals surface area (Å²) in [5.41, 5.74) is 4.29. The topological polar surface area (TPSA) is 61.4 Å². The van der Waals surface area contributed by atoms with E-state index in [1.165, 1.54) is 16.0 Å². The number of carbonyl (C=O) groups excluding carboxylic acids is 2. The van der Waals surface area contributed by atoms with Crippen LogP contribution in [0.2, 0.25) is 0 Å². The van der Waals surface area contributed by atoms with Crippen molar-refractivity contribution in [2.75, 3.05) is 18.4 Å². The molecule has 0 saturated carbocycles. The zero-order valence-electron chi connectivity index (χ0n) is 16.9. The molecule has 1 atom stereocenters. The highest BCUT2D eigenvalue weighted by atomic mass is 32.1. The number of aryl methyl sites for hydroxylation is 1. The number of nitrogens with zero attached hydrogens (tertiary/aromatic N) is 1. The van der Waals surface area contributed by atoms with Gasteiger partial charge in [-0.1, -0.05) is 48.5 Å². The van der Waals surface area contributed by atoms with Crippen LogP contribution in [0.5, 0.6) is 0 Å². The van der Waals surface area contributed by atoms with Gasteiger partial charge in [0.1, 0.15) is 0 Å². The Bertz CT molecular complexity index is 1030. The van der Waals surface area contributed by atoms with E-state index in [-0.39, 0.29) is 6.04 Å². The van der Waals surface area contributed by atoms with Crippen LogP contribution in [-0.4, -0.2) is 29.8 Å². The molecule has 1 unspecified atom stereocenters. The van der Waals surface area contributed by atoms with Crippen LogP contribution in [0, 0.1) is 6.92 Å². The molecule has 4 rings (SSSR count). The summed E-state index contributed by atoms with van der Waals surface area (Å²) in [6, 6.07) is 20.1. The number of anilines is 1. The minimum atomic E-state index is -0.641. The van der Waals surface area contributed by atoms with Gasteiger partial charge in [-0.3, -0.25) is 14.5 Å². The standard InChI is InChI=1S/C24H25N3O2S/c1-17-7-2-5-10-20(17)26-24(29)23(28)25-15-21(22-11-6-14-30-22)27-13-12-18-8-3-4-9-19(18)16-27/h2-11,14,21H,12-13,15-16H2,1H3,(H,25,28)(H,26,29). The summed E-state index contributed by atoms with van der Waals surface area (Å²) >= 11 is 1.68. The first kappa shape index (κ1) is 20.3. The zero-order chi connectivity index (χ0) is 20.9. The largest absolute Gasteiger partial charge is 0.346 e. The second-order valence-electron chi connectivity index (χ2n) is 7.50. The molecular weight excluding hydrogens is 394 g/mol. The maximum atomic E-state index is 12.5. The molecule has 6 heteroatoms. The van der Waals surface area contributed by atoms with Crippen LogP contribution < -0.4 is 10.6 Å². The van der Waals surface area contributed by atoms with E-state index in [2.05, 4.69) is 45.9 Å². The molecular formula is C24H25N3O2S. The molecule has 2 aromatic carbocycles. The maximum Gasteiger partial charge on any atom is 0.313 e. The van der Waals surface area contributed by atoms with E-state index in [1.807, 2.05) is 36.6 Å². The van der Waals surface area contributed by atoms with Gasteiger partial charge in [-0.05, 0) is 47.5 Å². The van der Waals surface area contributed by atoms with Gasteiger partial charge in [0.15, 0.2) is 0 Å². The number of thiophene rings is 1. The summed E-state index contributed by atoms with van der Waals surface area (Å²) in [6.45, 7) is 4.05. The smallest absolute Gasteiger partial charge is 0.313 e. The molecule has 154 valence electrons. The Kier molecular flexibility index (Phi) is 6.26. The summed E-state index contributed by atoms with van der Waals surface area (Å²) in [5.74, 6) is -1.25. The van der Waals surface area contributed by atoms with Crippen molar-refractivity contribution in [3.05, 3.63) is 87.6 Å². The van der Waals surface area contributed by atoms with E-state index < -0.39 is 11.8 Å². The number of carbonyl (C=O) groups is 2. The van der Waals surface area contributed by atoms with E-state index in [0.29, 0.717) is 12.2 Å². The van der Waals surface area contributed by atoms with Gasteiger partial charge < -0.3 is 10.6 Å².